The number of rotatable bonds is 11. The lowest BCUT2D eigenvalue weighted by Gasteiger charge is -2.14. The first-order valence-corrected chi connectivity index (χ1v) is 11.5. The van der Waals surface area contributed by atoms with Gasteiger partial charge in [0.1, 0.15) is 30.4 Å². The van der Waals surface area contributed by atoms with E-state index in [4.69, 9.17) is 0 Å². The van der Waals surface area contributed by atoms with Gasteiger partial charge >= 0.3 is 6.61 Å². The lowest BCUT2D eigenvalue weighted by Crippen LogP contribution is -2.12. The van der Waals surface area contributed by atoms with Crippen LogP contribution in [0.2, 0.25) is 0 Å². The maximum atomic E-state index is 13.1. The summed E-state index contributed by atoms with van der Waals surface area (Å²) in [4.78, 5) is 17.6. The molecule has 2 N–H and O–H groups in total. The molecule has 36 heavy (non-hydrogen) atoms. The highest BCUT2D eigenvalue weighted by Gasteiger charge is 2.23. The lowest BCUT2D eigenvalue weighted by molar-refractivity contribution is -0.0494. The van der Waals surface area contributed by atoms with Gasteiger partial charge in [-0.05, 0) is 24.3 Å². The molecule has 3 heterocycles. The van der Waals surface area contributed by atoms with Gasteiger partial charge in [-0.1, -0.05) is 0 Å². The number of thioether (sulfide) groups is 1. The van der Waals surface area contributed by atoms with Crippen LogP contribution in [0, 0.1) is 0 Å². The maximum Gasteiger partial charge on any atom is 0.387 e. The Morgan fingerprint density at radius 1 is 1.25 bits per heavy atom. The van der Waals surface area contributed by atoms with Gasteiger partial charge in [-0.2, -0.15) is 19.0 Å². The molecule has 1 amide bonds. The molecule has 0 aliphatic rings. The number of aliphatic hydroxyl groups is 1. The summed E-state index contributed by atoms with van der Waals surface area (Å²) in [6.45, 7) is -5.24. The molecule has 4 aromatic rings. The maximum absolute atomic E-state index is 13.1. The van der Waals surface area contributed by atoms with Gasteiger partial charge in [0.05, 0.1) is 30.3 Å². The van der Waals surface area contributed by atoms with Crippen molar-refractivity contribution in [2.75, 3.05) is 25.3 Å². The summed E-state index contributed by atoms with van der Waals surface area (Å²) >= 11 is 0.887. The molecule has 9 nitrogen and oxygen atoms in total. The van der Waals surface area contributed by atoms with E-state index in [0.29, 0.717) is 10.5 Å². The minimum absolute atomic E-state index is 0.0480. The Labute approximate surface area is 206 Å². The van der Waals surface area contributed by atoms with E-state index in [-0.39, 0.29) is 41.4 Å². The fourth-order valence-electron chi connectivity index (χ4n) is 3.37. The van der Waals surface area contributed by atoms with E-state index in [9.17, 15) is 27.5 Å². The summed E-state index contributed by atoms with van der Waals surface area (Å²) in [7, 11) is 0. The van der Waals surface area contributed by atoms with E-state index >= 15 is 0 Å². The minimum Gasteiger partial charge on any atom is -0.434 e. The number of hydrogen-bond donors (Lipinski definition) is 2. The van der Waals surface area contributed by atoms with Crippen molar-refractivity contribution in [2.45, 2.75) is 23.3 Å². The molecule has 0 aliphatic heterocycles. The summed E-state index contributed by atoms with van der Waals surface area (Å²) in [6.07, 6.45) is 5.85. The Bertz CT molecular complexity index is 1340. The van der Waals surface area contributed by atoms with Gasteiger partial charge in [0.2, 0.25) is 0 Å². The molecule has 0 aliphatic carbocycles. The van der Waals surface area contributed by atoms with Crippen LogP contribution in [-0.4, -0.2) is 67.2 Å². The Kier molecular flexibility index (Phi) is 8.05. The van der Waals surface area contributed by atoms with Gasteiger partial charge in [-0.3, -0.25) is 9.48 Å². The molecule has 0 spiro atoms. The number of ether oxygens (including phenoxy) is 1. The Balaban J connectivity index is 1.76. The zero-order valence-electron chi connectivity index (χ0n) is 18.5. The fraction of sp³-hybridized carbons (Fsp3) is 0.273. The van der Waals surface area contributed by atoms with Crippen LogP contribution < -0.4 is 10.1 Å². The predicted molar refractivity (Wildman–Crippen MR) is 124 cm³/mol. The number of aliphatic hydroxyl groups excluding tert-OH is 1. The number of nitrogens with one attached hydrogen (secondary N) is 1. The molecule has 4 rings (SSSR count). The molecule has 1 aromatic carbocycles. The molecular formula is C22H20F4N6O3S. The number of carbonyl (C=O) groups excluding carboxylic acids is 1. The molecule has 14 heteroatoms. The third-order valence-corrected chi connectivity index (χ3v) is 6.04. The lowest BCUT2D eigenvalue weighted by atomic mass is 10.1. The second-order valence-electron chi connectivity index (χ2n) is 7.36. The Morgan fingerprint density at radius 3 is 2.78 bits per heavy atom. The van der Waals surface area contributed by atoms with Gasteiger partial charge in [-0.15, -0.1) is 11.8 Å². The van der Waals surface area contributed by atoms with Crippen molar-refractivity contribution < 1.29 is 32.2 Å². The van der Waals surface area contributed by atoms with Crippen molar-refractivity contribution in [3.05, 3.63) is 54.6 Å². The highest BCUT2D eigenvalue weighted by Crippen LogP contribution is 2.39. The average molecular weight is 525 g/mol. The van der Waals surface area contributed by atoms with E-state index in [2.05, 4.69) is 25.2 Å². The second kappa shape index (κ2) is 11.4. The SMILES string of the molecule is O=C(Nc1cn(CCO)nc1-c1cc(SC(CF)CF)ccc1OC(F)F)c1cnn2cccnc12. The van der Waals surface area contributed by atoms with Crippen LogP contribution in [0.3, 0.4) is 0 Å². The Morgan fingerprint density at radius 2 is 2.06 bits per heavy atom. The first-order chi connectivity index (χ1) is 17.4. The second-order valence-corrected chi connectivity index (χ2v) is 8.74. The van der Waals surface area contributed by atoms with Gasteiger partial charge < -0.3 is 15.2 Å². The van der Waals surface area contributed by atoms with Crippen molar-refractivity contribution in [1.29, 1.82) is 0 Å². The molecule has 0 bridgehead atoms. The van der Waals surface area contributed by atoms with Crippen LogP contribution in [0.25, 0.3) is 16.9 Å². The van der Waals surface area contributed by atoms with Crippen LogP contribution in [0.15, 0.2) is 53.9 Å². The molecule has 0 fully saturated rings. The highest BCUT2D eigenvalue weighted by atomic mass is 32.2. The molecule has 3 aromatic heterocycles. The summed E-state index contributed by atoms with van der Waals surface area (Å²) in [5.41, 5.74) is 0.678. The number of amides is 1. The molecule has 0 unspecified atom stereocenters. The van der Waals surface area contributed by atoms with E-state index < -0.39 is 31.1 Å². The Hall–Kier alpha value is -3.65. The van der Waals surface area contributed by atoms with E-state index in [1.807, 2.05) is 0 Å². The first-order valence-electron chi connectivity index (χ1n) is 10.6. The number of fused-ring (bicyclic) bond motifs is 1. The van der Waals surface area contributed by atoms with Gasteiger partial charge in [-0.25, -0.2) is 18.3 Å². The number of hydrogen-bond acceptors (Lipinski definition) is 7. The molecule has 0 saturated carbocycles. The van der Waals surface area contributed by atoms with E-state index in [1.54, 1.807) is 12.3 Å². The summed E-state index contributed by atoms with van der Waals surface area (Å²) in [6, 6.07) is 5.69. The quantitative estimate of drug-likeness (QED) is 0.227. The standard InChI is InChI=1S/C22H20F4N6O3S/c23-9-14(10-24)36-13-2-3-18(35-22(25)26)15(8-13)19-17(12-31(30-19)6-7-33)29-21(34)16-11-28-32-5-1-4-27-20(16)32/h1-5,8,11-12,14,22,33H,6-7,9-10H2,(H,29,34). The van der Waals surface area contributed by atoms with Crippen molar-refractivity contribution in [3.63, 3.8) is 0 Å². The minimum atomic E-state index is -3.16. The molecule has 0 atom stereocenters. The average Bonchev–Trinajstić information content (AvgIpc) is 3.47. The number of halogens is 4. The number of benzene rings is 1. The van der Waals surface area contributed by atoms with Crippen molar-refractivity contribution in [1.82, 2.24) is 24.4 Å². The fourth-order valence-corrected chi connectivity index (χ4v) is 4.21. The number of anilines is 1. The number of nitrogens with zero attached hydrogens (tertiary/aromatic N) is 5. The van der Waals surface area contributed by atoms with Gasteiger partial charge in [0, 0.05) is 29.0 Å². The first kappa shape index (κ1) is 25.4. The largest absolute Gasteiger partial charge is 0.434 e. The van der Waals surface area contributed by atoms with Gasteiger partial charge in [0.15, 0.2) is 5.65 Å². The van der Waals surface area contributed by atoms with E-state index in [1.165, 1.54) is 46.0 Å². The predicted octanol–water partition coefficient (Wildman–Crippen LogP) is 3.84. The zero-order valence-corrected chi connectivity index (χ0v) is 19.3. The molecule has 190 valence electrons. The van der Waals surface area contributed by atoms with Crippen LogP contribution in [-0.2, 0) is 6.54 Å². The highest BCUT2D eigenvalue weighted by molar-refractivity contribution is 8.00. The number of alkyl halides is 4. The third-order valence-electron chi connectivity index (χ3n) is 4.93. The summed E-state index contributed by atoms with van der Waals surface area (Å²) in [5, 5.41) is 19.4. The number of aromatic nitrogens is 5. The molecule has 0 saturated heterocycles. The third kappa shape index (κ3) is 5.60. The van der Waals surface area contributed by atoms with Crippen LogP contribution >= 0.6 is 11.8 Å². The monoisotopic (exact) mass is 524 g/mol. The summed E-state index contributed by atoms with van der Waals surface area (Å²) in [5.74, 6) is -0.848. The van der Waals surface area contributed by atoms with Crippen molar-refractivity contribution in [2.24, 2.45) is 0 Å². The van der Waals surface area contributed by atoms with Crippen LogP contribution in [0.5, 0.6) is 5.75 Å². The smallest absolute Gasteiger partial charge is 0.387 e. The molecule has 0 radical (unpaired) electrons. The number of carbonyl (C=O) groups is 1. The zero-order chi connectivity index (χ0) is 25.7. The van der Waals surface area contributed by atoms with Crippen molar-refractivity contribution >= 4 is 29.0 Å². The molecular weight excluding hydrogens is 504 g/mol. The van der Waals surface area contributed by atoms with Crippen LogP contribution in [0.4, 0.5) is 23.2 Å². The van der Waals surface area contributed by atoms with Gasteiger partial charge in [0.25, 0.3) is 5.91 Å². The normalized spacial score (nSPS) is 11.5. The van der Waals surface area contributed by atoms with Crippen LogP contribution in [0.1, 0.15) is 10.4 Å². The topological polar surface area (TPSA) is 107 Å². The van der Waals surface area contributed by atoms with Crippen molar-refractivity contribution in [3.8, 4) is 17.0 Å². The summed E-state index contributed by atoms with van der Waals surface area (Å²) < 4.78 is 59.8. The van der Waals surface area contributed by atoms with E-state index in [0.717, 1.165) is 11.8 Å².